The van der Waals surface area contributed by atoms with E-state index in [1.165, 1.54) is 11.8 Å². The minimum atomic E-state index is -0.272. The Morgan fingerprint density at radius 1 is 0.861 bits per heavy atom. The SMILES string of the molecule is CN1CCN(c2ccc(NC(=O)c3cc4c(Sc5ccc(Cl)cc5Cl)cc(Cl)cc4[nH]3)cc2Cl)CC1. The average Bonchev–Trinajstić information content (AvgIpc) is 3.26. The maximum Gasteiger partial charge on any atom is 0.272 e. The fourth-order valence-electron chi connectivity index (χ4n) is 4.14. The van der Waals surface area contributed by atoms with Crippen LogP contribution in [0.25, 0.3) is 10.9 Å². The van der Waals surface area contributed by atoms with E-state index in [-0.39, 0.29) is 5.91 Å². The Morgan fingerprint density at radius 3 is 2.36 bits per heavy atom. The molecule has 3 aromatic carbocycles. The first-order valence-corrected chi connectivity index (χ1v) is 13.6. The Balaban J connectivity index is 1.37. The van der Waals surface area contributed by atoms with E-state index >= 15 is 0 Å². The molecular weight excluding hydrogens is 558 g/mol. The molecule has 10 heteroatoms. The molecule has 1 saturated heterocycles. The molecule has 0 bridgehead atoms. The van der Waals surface area contributed by atoms with E-state index in [9.17, 15) is 4.79 Å². The molecule has 1 aliphatic heterocycles. The summed E-state index contributed by atoms with van der Waals surface area (Å²) in [5.74, 6) is -0.272. The largest absolute Gasteiger partial charge is 0.368 e. The van der Waals surface area contributed by atoms with E-state index in [0.717, 1.165) is 52.6 Å². The second-order valence-corrected chi connectivity index (χ2v) is 11.4. The maximum atomic E-state index is 13.1. The van der Waals surface area contributed by atoms with Gasteiger partial charge in [0.15, 0.2) is 0 Å². The number of H-pyrrole nitrogens is 1. The van der Waals surface area contributed by atoms with Crippen molar-refractivity contribution in [2.24, 2.45) is 0 Å². The van der Waals surface area contributed by atoms with Gasteiger partial charge >= 0.3 is 0 Å². The van der Waals surface area contributed by atoms with Crippen LogP contribution in [0.4, 0.5) is 11.4 Å². The predicted molar refractivity (Wildman–Crippen MR) is 153 cm³/mol. The molecule has 1 aliphatic rings. The van der Waals surface area contributed by atoms with Crippen LogP contribution in [0.5, 0.6) is 0 Å². The molecule has 5 rings (SSSR count). The third-order valence-electron chi connectivity index (χ3n) is 6.07. The number of aromatic amines is 1. The van der Waals surface area contributed by atoms with Crippen molar-refractivity contribution in [3.05, 3.63) is 80.4 Å². The second kappa shape index (κ2) is 10.7. The number of piperazine rings is 1. The number of aromatic nitrogens is 1. The summed E-state index contributed by atoms with van der Waals surface area (Å²) in [5.41, 5.74) is 2.77. The van der Waals surface area contributed by atoms with Gasteiger partial charge in [0.1, 0.15) is 5.69 Å². The number of carbonyl (C=O) groups is 1. The smallest absolute Gasteiger partial charge is 0.272 e. The van der Waals surface area contributed by atoms with Crippen LogP contribution in [0, 0.1) is 0 Å². The van der Waals surface area contributed by atoms with Crippen LogP contribution in [0.15, 0.2) is 64.4 Å². The zero-order chi connectivity index (χ0) is 25.4. The Morgan fingerprint density at radius 2 is 1.64 bits per heavy atom. The van der Waals surface area contributed by atoms with Crippen molar-refractivity contribution >= 4 is 86.4 Å². The van der Waals surface area contributed by atoms with Crippen LogP contribution < -0.4 is 10.2 Å². The standard InChI is InChI=1S/C26H22Cl4N4OS/c1-33-6-8-34(9-7-33)23-4-3-17(13-19(23)29)31-26(35)22-14-18-21(32-22)11-16(28)12-25(18)36-24-5-2-15(27)10-20(24)30/h2-5,10-14,32H,6-9H2,1H3,(H,31,35). The topological polar surface area (TPSA) is 51.4 Å². The molecule has 4 aromatic rings. The van der Waals surface area contributed by atoms with Crippen molar-refractivity contribution in [2.75, 3.05) is 43.4 Å². The lowest BCUT2D eigenvalue weighted by molar-refractivity contribution is 0.102. The molecule has 0 spiro atoms. The van der Waals surface area contributed by atoms with E-state index < -0.39 is 0 Å². The third kappa shape index (κ3) is 5.59. The molecule has 0 atom stereocenters. The highest BCUT2D eigenvalue weighted by molar-refractivity contribution is 7.99. The number of halogens is 4. The summed E-state index contributed by atoms with van der Waals surface area (Å²) in [7, 11) is 2.12. The fraction of sp³-hybridized carbons (Fsp3) is 0.192. The minimum Gasteiger partial charge on any atom is -0.368 e. The fourth-order valence-corrected chi connectivity index (χ4v) is 6.24. The average molecular weight is 580 g/mol. The monoisotopic (exact) mass is 578 g/mol. The number of carbonyl (C=O) groups excluding carboxylic acids is 1. The van der Waals surface area contributed by atoms with Crippen LogP contribution >= 0.6 is 58.2 Å². The van der Waals surface area contributed by atoms with Crippen LogP contribution in [0.3, 0.4) is 0 Å². The Labute approximate surface area is 233 Å². The number of nitrogens with one attached hydrogen (secondary N) is 2. The van der Waals surface area contributed by atoms with Crippen molar-refractivity contribution in [3.63, 3.8) is 0 Å². The number of fused-ring (bicyclic) bond motifs is 1. The van der Waals surface area contributed by atoms with Crippen LogP contribution in [-0.2, 0) is 0 Å². The van der Waals surface area contributed by atoms with Gasteiger partial charge in [0.05, 0.1) is 15.7 Å². The Kier molecular flexibility index (Phi) is 7.63. The molecule has 1 fully saturated rings. The molecule has 1 aromatic heterocycles. The van der Waals surface area contributed by atoms with Crippen molar-refractivity contribution in [2.45, 2.75) is 9.79 Å². The molecule has 1 amide bonds. The first-order chi connectivity index (χ1) is 17.3. The number of nitrogens with zero attached hydrogens (tertiary/aromatic N) is 2. The highest BCUT2D eigenvalue weighted by Gasteiger charge is 2.18. The molecule has 186 valence electrons. The third-order valence-corrected chi connectivity index (χ3v) is 8.39. The molecule has 5 nitrogen and oxygen atoms in total. The zero-order valence-corrected chi connectivity index (χ0v) is 23.1. The normalized spacial score (nSPS) is 14.4. The van der Waals surface area contributed by atoms with Gasteiger partial charge in [-0.3, -0.25) is 4.79 Å². The minimum absolute atomic E-state index is 0.272. The lowest BCUT2D eigenvalue weighted by Crippen LogP contribution is -2.44. The predicted octanol–water partition coefficient (Wildman–Crippen LogP) is 7.94. The molecule has 0 radical (unpaired) electrons. The molecule has 0 aliphatic carbocycles. The molecule has 2 N–H and O–H groups in total. The molecule has 36 heavy (non-hydrogen) atoms. The Bertz CT molecular complexity index is 1450. The number of rotatable bonds is 5. The number of hydrogen-bond donors (Lipinski definition) is 2. The molecular formula is C26H22Cl4N4OS. The molecule has 2 heterocycles. The van der Waals surface area contributed by atoms with E-state index in [0.29, 0.717) is 31.5 Å². The quantitative estimate of drug-likeness (QED) is 0.252. The summed E-state index contributed by atoms with van der Waals surface area (Å²) < 4.78 is 0. The lowest BCUT2D eigenvalue weighted by atomic mass is 10.2. The summed E-state index contributed by atoms with van der Waals surface area (Å²) >= 11 is 26.8. The lowest BCUT2D eigenvalue weighted by Gasteiger charge is -2.34. The van der Waals surface area contributed by atoms with Crippen molar-refractivity contribution in [1.29, 1.82) is 0 Å². The molecule has 0 saturated carbocycles. The van der Waals surface area contributed by atoms with Gasteiger partial charge in [-0.25, -0.2) is 0 Å². The molecule has 0 unspecified atom stereocenters. The number of anilines is 2. The van der Waals surface area contributed by atoms with Crippen molar-refractivity contribution < 1.29 is 4.79 Å². The highest BCUT2D eigenvalue weighted by atomic mass is 35.5. The van der Waals surface area contributed by atoms with Gasteiger partial charge in [0.2, 0.25) is 0 Å². The summed E-state index contributed by atoms with van der Waals surface area (Å²) in [6.07, 6.45) is 0. The first-order valence-electron chi connectivity index (χ1n) is 11.3. The number of amides is 1. The van der Waals surface area contributed by atoms with Gasteiger partial charge in [-0.2, -0.15) is 0 Å². The zero-order valence-electron chi connectivity index (χ0n) is 19.2. The van der Waals surface area contributed by atoms with E-state index in [1.807, 2.05) is 30.3 Å². The highest BCUT2D eigenvalue weighted by Crippen LogP contribution is 2.40. The van der Waals surface area contributed by atoms with Crippen LogP contribution in [0.1, 0.15) is 10.5 Å². The van der Waals surface area contributed by atoms with Gasteiger partial charge in [0.25, 0.3) is 5.91 Å². The summed E-state index contributed by atoms with van der Waals surface area (Å²) in [6.45, 7) is 3.82. The van der Waals surface area contributed by atoms with Gasteiger partial charge in [0, 0.05) is 62.6 Å². The van der Waals surface area contributed by atoms with Gasteiger partial charge in [-0.1, -0.05) is 58.2 Å². The van der Waals surface area contributed by atoms with E-state index in [1.54, 1.807) is 24.3 Å². The summed E-state index contributed by atoms with van der Waals surface area (Å²) in [4.78, 5) is 22.5. The number of hydrogen-bond acceptors (Lipinski definition) is 4. The van der Waals surface area contributed by atoms with Gasteiger partial charge in [-0.05, 0) is 61.6 Å². The van der Waals surface area contributed by atoms with E-state index in [2.05, 4.69) is 27.1 Å². The van der Waals surface area contributed by atoms with Crippen molar-refractivity contribution in [3.8, 4) is 0 Å². The number of benzene rings is 3. The second-order valence-electron chi connectivity index (χ2n) is 8.64. The maximum absolute atomic E-state index is 13.1. The first kappa shape index (κ1) is 25.6. The van der Waals surface area contributed by atoms with Crippen LogP contribution in [0.2, 0.25) is 20.1 Å². The number of likely N-dealkylation sites (N-methyl/N-ethyl adjacent to an activating group) is 1. The van der Waals surface area contributed by atoms with Crippen molar-refractivity contribution in [1.82, 2.24) is 9.88 Å². The summed E-state index contributed by atoms with van der Waals surface area (Å²) in [6, 6.07) is 16.4. The van der Waals surface area contributed by atoms with E-state index in [4.69, 9.17) is 46.4 Å². The van der Waals surface area contributed by atoms with Gasteiger partial charge < -0.3 is 20.1 Å². The Hall–Kier alpha value is -2.06. The van der Waals surface area contributed by atoms with Crippen LogP contribution in [-0.4, -0.2) is 49.0 Å². The van der Waals surface area contributed by atoms with Gasteiger partial charge in [-0.15, -0.1) is 0 Å². The summed E-state index contributed by atoms with van der Waals surface area (Å²) in [5, 5.41) is 6.08.